The van der Waals surface area contributed by atoms with E-state index in [1.807, 2.05) is 0 Å². The Hall–Kier alpha value is -2.67. The minimum Gasteiger partial charge on any atom is -0.504 e. The van der Waals surface area contributed by atoms with E-state index >= 15 is 0 Å². The van der Waals surface area contributed by atoms with E-state index in [0.29, 0.717) is 11.3 Å². The summed E-state index contributed by atoms with van der Waals surface area (Å²) in [7, 11) is 0. The summed E-state index contributed by atoms with van der Waals surface area (Å²) in [5.41, 5.74) is 4.50. The van der Waals surface area contributed by atoms with Crippen molar-refractivity contribution in [1.82, 2.24) is 5.32 Å². The topological polar surface area (TPSA) is 107 Å². The highest BCUT2D eigenvalue weighted by atomic mass is 32.2. The van der Waals surface area contributed by atoms with E-state index in [9.17, 15) is 24.9 Å². The quantitative estimate of drug-likeness (QED) is 0.164. The first-order chi connectivity index (χ1) is 15.6. The average Bonchev–Trinajstić information content (AvgIpc) is 2.72. The monoisotopic (exact) mass is 475 g/mol. The summed E-state index contributed by atoms with van der Waals surface area (Å²) in [6.45, 7) is 8.47. The molecule has 6 nitrogen and oxygen atoms in total. The molecule has 1 rings (SSSR count). The Bertz CT molecular complexity index is 885. The molecule has 1 aromatic rings. The van der Waals surface area contributed by atoms with Gasteiger partial charge in [-0.25, -0.2) is 4.79 Å². The van der Waals surface area contributed by atoms with Gasteiger partial charge in [0.05, 0.1) is 6.42 Å². The van der Waals surface area contributed by atoms with Crippen LogP contribution >= 0.6 is 11.8 Å². The number of carbonyl (C=O) groups is 2. The molecule has 1 amide bonds. The molecule has 0 bridgehead atoms. The molecule has 0 heterocycles. The number of allylic oxidation sites excluding steroid dienone is 5. The number of carboxylic acid groups (broad SMARTS) is 1. The Balaban J connectivity index is 2.39. The largest absolute Gasteiger partial charge is 0.504 e. The second kappa shape index (κ2) is 15.2. The number of carbonyl (C=O) groups excluding carboxylic acids is 1. The van der Waals surface area contributed by atoms with Gasteiger partial charge in [-0.3, -0.25) is 4.79 Å². The van der Waals surface area contributed by atoms with Crippen molar-refractivity contribution in [3.8, 4) is 11.5 Å². The SMILES string of the molecule is CC(C)=CCC/C(C)=C/CC/C(C)=C/CSCC(NC(=O)Cc1ccc(O)c(O)c1)C(=O)O. The van der Waals surface area contributed by atoms with Gasteiger partial charge in [-0.2, -0.15) is 11.8 Å². The third-order valence-corrected chi connectivity index (χ3v) is 5.97. The van der Waals surface area contributed by atoms with Crippen LogP contribution < -0.4 is 5.32 Å². The molecule has 0 fully saturated rings. The first-order valence-electron chi connectivity index (χ1n) is 11.1. The fraction of sp³-hybridized carbons (Fsp3) is 0.462. The van der Waals surface area contributed by atoms with Gasteiger partial charge in [0.2, 0.25) is 5.91 Å². The lowest BCUT2D eigenvalue weighted by Crippen LogP contribution is -2.43. The highest BCUT2D eigenvalue weighted by Crippen LogP contribution is 2.25. The van der Waals surface area contributed by atoms with E-state index in [0.717, 1.165) is 25.7 Å². The summed E-state index contributed by atoms with van der Waals surface area (Å²) < 4.78 is 0. The van der Waals surface area contributed by atoms with Crippen LogP contribution in [-0.2, 0) is 16.0 Å². The number of thioether (sulfide) groups is 1. The number of hydrogen-bond donors (Lipinski definition) is 4. The van der Waals surface area contributed by atoms with Gasteiger partial charge in [-0.05, 0) is 71.1 Å². The number of hydrogen-bond acceptors (Lipinski definition) is 5. The van der Waals surface area contributed by atoms with Crippen molar-refractivity contribution in [2.75, 3.05) is 11.5 Å². The van der Waals surface area contributed by atoms with E-state index in [4.69, 9.17) is 0 Å². The van der Waals surface area contributed by atoms with Gasteiger partial charge >= 0.3 is 5.97 Å². The number of benzene rings is 1. The van der Waals surface area contributed by atoms with Crippen molar-refractivity contribution < 1.29 is 24.9 Å². The molecule has 1 unspecified atom stereocenters. The summed E-state index contributed by atoms with van der Waals surface area (Å²) in [5.74, 6) is -1.18. The normalized spacial score (nSPS) is 12.8. The van der Waals surface area contributed by atoms with Crippen LogP contribution in [0.15, 0.2) is 53.1 Å². The van der Waals surface area contributed by atoms with Gasteiger partial charge in [0.15, 0.2) is 11.5 Å². The van der Waals surface area contributed by atoms with Crippen LogP contribution in [0, 0.1) is 0 Å². The van der Waals surface area contributed by atoms with Crippen molar-refractivity contribution >= 4 is 23.6 Å². The number of rotatable bonds is 14. The second-order valence-corrected chi connectivity index (χ2v) is 9.53. The first kappa shape index (κ1) is 28.4. The number of aromatic hydroxyl groups is 2. The molecule has 1 aromatic carbocycles. The Morgan fingerprint density at radius 2 is 1.61 bits per heavy atom. The summed E-state index contributed by atoms with van der Waals surface area (Å²) >= 11 is 1.46. The van der Waals surface area contributed by atoms with Crippen molar-refractivity contribution in [3.05, 3.63) is 58.7 Å². The molecular formula is C26H37NO5S. The zero-order valence-corrected chi connectivity index (χ0v) is 20.9. The molecule has 1 atom stereocenters. The number of aliphatic carboxylic acids is 1. The highest BCUT2D eigenvalue weighted by molar-refractivity contribution is 7.99. The highest BCUT2D eigenvalue weighted by Gasteiger charge is 2.20. The van der Waals surface area contributed by atoms with Crippen LogP contribution in [0.1, 0.15) is 58.9 Å². The Morgan fingerprint density at radius 3 is 2.21 bits per heavy atom. The van der Waals surface area contributed by atoms with Gasteiger partial charge in [-0.15, -0.1) is 0 Å². The summed E-state index contributed by atoms with van der Waals surface area (Å²) in [4.78, 5) is 23.7. The molecule has 182 valence electrons. The molecule has 0 saturated heterocycles. The van der Waals surface area contributed by atoms with Gasteiger partial charge in [0, 0.05) is 11.5 Å². The predicted molar refractivity (Wildman–Crippen MR) is 136 cm³/mol. The average molecular weight is 476 g/mol. The zero-order chi connectivity index (χ0) is 24.8. The van der Waals surface area contributed by atoms with Crippen LogP contribution in [0.25, 0.3) is 0 Å². The van der Waals surface area contributed by atoms with Gasteiger partial charge in [0.25, 0.3) is 0 Å². The smallest absolute Gasteiger partial charge is 0.327 e. The molecule has 0 aliphatic carbocycles. The summed E-state index contributed by atoms with van der Waals surface area (Å²) in [6, 6.07) is 3.09. The van der Waals surface area contributed by atoms with Crippen molar-refractivity contribution in [1.29, 1.82) is 0 Å². The molecule has 0 spiro atoms. The Kier molecular flexibility index (Phi) is 13.1. The fourth-order valence-electron chi connectivity index (χ4n) is 3.01. The minimum atomic E-state index is -1.08. The minimum absolute atomic E-state index is 0.0808. The van der Waals surface area contributed by atoms with Gasteiger partial charge in [-0.1, -0.05) is 41.0 Å². The maximum Gasteiger partial charge on any atom is 0.327 e. The van der Waals surface area contributed by atoms with E-state index in [-0.39, 0.29) is 23.7 Å². The standard InChI is InChI=1S/C26H37NO5S/c1-18(2)7-5-8-19(3)9-6-10-20(4)13-14-33-17-22(26(31)32)27-25(30)16-21-11-12-23(28)24(29)15-21/h7,9,11-13,15,22,28-29H,5-6,8,10,14,16-17H2,1-4H3,(H,27,30)(H,31,32)/b19-9+,20-13+. The maximum absolute atomic E-state index is 12.2. The molecule has 0 radical (unpaired) electrons. The molecule has 4 N–H and O–H groups in total. The molecule has 0 aliphatic rings. The Labute approximate surface area is 201 Å². The van der Waals surface area contributed by atoms with Crippen LogP contribution in [0.3, 0.4) is 0 Å². The molecular weight excluding hydrogens is 438 g/mol. The Morgan fingerprint density at radius 1 is 0.970 bits per heavy atom. The van der Waals surface area contributed by atoms with Crippen LogP contribution in [0.5, 0.6) is 11.5 Å². The van der Waals surface area contributed by atoms with Crippen LogP contribution in [0.2, 0.25) is 0 Å². The van der Waals surface area contributed by atoms with E-state index in [1.54, 1.807) is 0 Å². The van der Waals surface area contributed by atoms with E-state index in [1.165, 1.54) is 46.7 Å². The number of carboxylic acids is 1. The van der Waals surface area contributed by atoms with Crippen molar-refractivity contribution in [2.45, 2.75) is 65.8 Å². The lowest BCUT2D eigenvalue weighted by atomic mass is 10.1. The fourth-order valence-corrected chi connectivity index (χ4v) is 4.01. The molecule has 0 saturated carbocycles. The predicted octanol–water partition coefficient (Wildman–Crippen LogP) is 5.36. The van der Waals surface area contributed by atoms with Gasteiger partial charge in [0.1, 0.15) is 6.04 Å². The zero-order valence-electron chi connectivity index (χ0n) is 20.1. The molecule has 33 heavy (non-hydrogen) atoms. The summed E-state index contributed by atoms with van der Waals surface area (Å²) in [6.07, 6.45) is 10.7. The number of phenols is 2. The summed E-state index contributed by atoms with van der Waals surface area (Å²) in [5, 5.41) is 30.8. The van der Waals surface area contributed by atoms with Crippen molar-refractivity contribution in [3.63, 3.8) is 0 Å². The lowest BCUT2D eigenvalue weighted by Gasteiger charge is -2.14. The third-order valence-electron chi connectivity index (χ3n) is 4.99. The first-order valence-corrected chi connectivity index (χ1v) is 12.3. The maximum atomic E-state index is 12.2. The second-order valence-electron chi connectivity index (χ2n) is 8.46. The number of amides is 1. The van der Waals surface area contributed by atoms with Crippen molar-refractivity contribution in [2.24, 2.45) is 0 Å². The molecule has 0 aromatic heterocycles. The number of phenolic OH excluding ortho intramolecular Hbond substituents is 2. The van der Waals surface area contributed by atoms with Crippen LogP contribution in [-0.4, -0.2) is 44.7 Å². The number of nitrogens with one attached hydrogen (secondary N) is 1. The molecule has 7 heteroatoms. The van der Waals surface area contributed by atoms with E-state index in [2.05, 4.69) is 51.2 Å². The van der Waals surface area contributed by atoms with Crippen LogP contribution in [0.4, 0.5) is 0 Å². The van der Waals surface area contributed by atoms with E-state index < -0.39 is 17.9 Å². The lowest BCUT2D eigenvalue weighted by molar-refractivity contribution is -0.141. The van der Waals surface area contributed by atoms with Gasteiger partial charge < -0.3 is 20.6 Å². The molecule has 0 aliphatic heterocycles. The third kappa shape index (κ3) is 12.8.